The third kappa shape index (κ3) is 3.26. The predicted molar refractivity (Wildman–Crippen MR) is 59.1 cm³/mol. The molecule has 0 radical (unpaired) electrons. The summed E-state index contributed by atoms with van der Waals surface area (Å²) in [5.74, 6) is -0.115. The van der Waals surface area contributed by atoms with Gasteiger partial charge in [0.15, 0.2) is 0 Å². The average Bonchev–Trinajstić information content (AvgIpc) is 2.41. The highest BCUT2D eigenvalue weighted by molar-refractivity contribution is 4.97. The quantitative estimate of drug-likeness (QED) is 0.776. The molecule has 0 aromatic rings. The number of nitrogens with two attached hydrogens (primary N) is 1. The zero-order valence-corrected chi connectivity index (χ0v) is 9.79. The van der Waals surface area contributed by atoms with Crippen molar-refractivity contribution in [1.29, 1.82) is 0 Å². The highest BCUT2D eigenvalue weighted by Gasteiger charge is 2.36. The van der Waals surface area contributed by atoms with Gasteiger partial charge in [-0.1, -0.05) is 6.08 Å². The van der Waals surface area contributed by atoms with Crippen LogP contribution in [0.15, 0.2) is 11.9 Å². The standard InChI is InChI=1S/C11H21FN2O/c1-11(2)14(3)10(8-15-11)5-4-9(12)6-7-13/h4,10H,5-8,13H2,1-3H3/b9-4-/t10-/m0/s1. The van der Waals surface area contributed by atoms with E-state index in [1.54, 1.807) is 6.08 Å². The third-order valence-electron chi connectivity index (χ3n) is 3.02. The van der Waals surface area contributed by atoms with Crippen molar-refractivity contribution in [3.05, 3.63) is 11.9 Å². The topological polar surface area (TPSA) is 38.5 Å². The summed E-state index contributed by atoms with van der Waals surface area (Å²) in [7, 11) is 2.01. The first-order valence-corrected chi connectivity index (χ1v) is 5.39. The minimum absolute atomic E-state index is 0.115. The molecule has 0 aromatic carbocycles. The Morgan fingerprint density at radius 3 is 2.80 bits per heavy atom. The molecule has 0 aliphatic carbocycles. The lowest BCUT2D eigenvalue weighted by molar-refractivity contribution is -0.0411. The Hall–Kier alpha value is -0.450. The van der Waals surface area contributed by atoms with Crippen molar-refractivity contribution in [2.45, 2.75) is 38.5 Å². The van der Waals surface area contributed by atoms with Gasteiger partial charge in [0.25, 0.3) is 0 Å². The van der Waals surface area contributed by atoms with Crippen molar-refractivity contribution < 1.29 is 9.13 Å². The van der Waals surface area contributed by atoms with Gasteiger partial charge in [-0.15, -0.1) is 0 Å². The van der Waals surface area contributed by atoms with E-state index >= 15 is 0 Å². The van der Waals surface area contributed by atoms with Crippen LogP contribution < -0.4 is 5.73 Å². The molecule has 1 saturated heterocycles. The summed E-state index contributed by atoms with van der Waals surface area (Å²) in [5.41, 5.74) is 5.03. The maximum Gasteiger partial charge on any atom is 0.116 e. The van der Waals surface area contributed by atoms with Crippen LogP contribution in [0, 0.1) is 0 Å². The molecule has 1 atom stereocenters. The summed E-state index contributed by atoms with van der Waals surface area (Å²) in [6.45, 7) is 5.07. The molecule has 2 N–H and O–H groups in total. The van der Waals surface area contributed by atoms with Gasteiger partial charge in [0.05, 0.1) is 12.4 Å². The van der Waals surface area contributed by atoms with E-state index in [1.807, 2.05) is 20.9 Å². The molecule has 0 aromatic heterocycles. The zero-order valence-electron chi connectivity index (χ0n) is 9.79. The summed E-state index contributed by atoms with van der Waals surface area (Å²) in [6, 6.07) is 0.267. The van der Waals surface area contributed by atoms with Gasteiger partial charge in [0, 0.05) is 12.5 Å². The van der Waals surface area contributed by atoms with Crippen LogP contribution in [0.25, 0.3) is 0 Å². The number of likely N-dealkylation sites (N-methyl/N-ethyl adjacent to an activating group) is 1. The molecule has 0 unspecified atom stereocenters. The van der Waals surface area contributed by atoms with Crippen molar-refractivity contribution in [2.75, 3.05) is 20.2 Å². The molecule has 1 heterocycles. The van der Waals surface area contributed by atoms with Crippen molar-refractivity contribution in [1.82, 2.24) is 4.90 Å². The fraction of sp³-hybridized carbons (Fsp3) is 0.818. The second-order valence-corrected chi connectivity index (χ2v) is 4.45. The molecular weight excluding hydrogens is 195 g/mol. The fourth-order valence-corrected chi connectivity index (χ4v) is 1.68. The number of hydrogen-bond acceptors (Lipinski definition) is 3. The number of halogens is 1. The summed E-state index contributed by atoms with van der Waals surface area (Å²) in [4.78, 5) is 2.14. The van der Waals surface area contributed by atoms with E-state index in [4.69, 9.17) is 10.5 Å². The fourth-order valence-electron chi connectivity index (χ4n) is 1.68. The first kappa shape index (κ1) is 12.6. The highest BCUT2D eigenvalue weighted by atomic mass is 19.1. The molecule has 0 amide bonds. The summed E-state index contributed by atoms with van der Waals surface area (Å²) in [6.07, 6.45) is 2.64. The van der Waals surface area contributed by atoms with Gasteiger partial charge in [-0.05, 0) is 33.9 Å². The molecule has 0 saturated carbocycles. The van der Waals surface area contributed by atoms with Crippen LogP contribution in [0.4, 0.5) is 4.39 Å². The number of ether oxygens (including phenoxy) is 1. The maximum atomic E-state index is 13.1. The lowest BCUT2D eigenvalue weighted by atomic mass is 10.1. The van der Waals surface area contributed by atoms with Crippen LogP contribution in [-0.4, -0.2) is 36.9 Å². The Kier molecular flexibility index (Phi) is 4.25. The molecule has 88 valence electrons. The second kappa shape index (κ2) is 5.05. The Balaban J connectivity index is 2.44. The van der Waals surface area contributed by atoms with Gasteiger partial charge < -0.3 is 10.5 Å². The van der Waals surface area contributed by atoms with E-state index < -0.39 is 0 Å². The van der Waals surface area contributed by atoms with E-state index in [9.17, 15) is 4.39 Å². The van der Waals surface area contributed by atoms with Gasteiger partial charge in [-0.3, -0.25) is 4.90 Å². The van der Waals surface area contributed by atoms with Crippen LogP contribution in [0.5, 0.6) is 0 Å². The van der Waals surface area contributed by atoms with Crippen molar-refractivity contribution in [3.63, 3.8) is 0 Å². The summed E-state index contributed by atoms with van der Waals surface area (Å²) >= 11 is 0. The van der Waals surface area contributed by atoms with Gasteiger partial charge in [0.1, 0.15) is 5.72 Å². The largest absolute Gasteiger partial charge is 0.359 e. The van der Waals surface area contributed by atoms with Crippen molar-refractivity contribution >= 4 is 0 Å². The van der Waals surface area contributed by atoms with E-state index in [1.165, 1.54) is 0 Å². The Labute approximate surface area is 91.1 Å². The van der Waals surface area contributed by atoms with Gasteiger partial charge in [-0.25, -0.2) is 4.39 Å². The molecular formula is C11H21FN2O. The predicted octanol–water partition coefficient (Wildman–Crippen LogP) is 1.65. The average molecular weight is 216 g/mol. The molecule has 1 aliphatic rings. The van der Waals surface area contributed by atoms with Crippen LogP contribution in [0.2, 0.25) is 0 Å². The first-order chi connectivity index (χ1) is 6.97. The minimum Gasteiger partial charge on any atom is -0.359 e. The van der Waals surface area contributed by atoms with Gasteiger partial charge in [0.2, 0.25) is 0 Å². The van der Waals surface area contributed by atoms with Crippen LogP contribution in [-0.2, 0) is 4.74 Å². The zero-order chi connectivity index (χ0) is 11.5. The van der Waals surface area contributed by atoms with E-state index in [0.717, 1.165) is 0 Å². The molecule has 0 bridgehead atoms. The Bertz CT molecular complexity index is 241. The normalized spacial score (nSPS) is 27.3. The summed E-state index contributed by atoms with van der Waals surface area (Å²) < 4.78 is 18.7. The molecule has 1 fully saturated rings. The van der Waals surface area contributed by atoms with Crippen molar-refractivity contribution in [2.24, 2.45) is 5.73 Å². The Morgan fingerprint density at radius 1 is 1.67 bits per heavy atom. The molecule has 1 aliphatic heterocycles. The van der Waals surface area contributed by atoms with Gasteiger partial charge in [-0.2, -0.15) is 0 Å². The number of hydrogen-bond donors (Lipinski definition) is 1. The molecule has 0 spiro atoms. The van der Waals surface area contributed by atoms with E-state index in [2.05, 4.69) is 4.90 Å². The van der Waals surface area contributed by atoms with Crippen LogP contribution in [0.3, 0.4) is 0 Å². The third-order valence-corrected chi connectivity index (χ3v) is 3.02. The van der Waals surface area contributed by atoms with Crippen LogP contribution >= 0.6 is 0 Å². The van der Waals surface area contributed by atoms with Gasteiger partial charge >= 0.3 is 0 Å². The lowest BCUT2D eigenvalue weighted by Crippen LogP contribution is -2.40. The Morgan fingerprint density at radius 2 is 2.33 bits per heavy atom. The highest BCUT2D eigenvalue weighted by Crippen LogP contribution is 2.27. The molecule has 1 rings (SSSR count). The maximum absolute atomic E-state index is 13.1. The van der Waals surface area contributed by atoms with E-state index in [-0.39, 0.29) is 17.6 Å². The molecule has 4 heteroatoms. The monoisotopic (exact) mass is 216 g/mol. The first-order valence-electron chi connectivity index (χ1n) is 5.39. The van der Waals surface area contributed by atoms with E-state index in [0.29, 0.717) is 26.0 Å². The lowest BCUT2D eigenvalue weighted by Gasteiger charge is -2.29. The number of rotatable bonds is 4. The SMILES string of the molecule is CN1[C@@H](C/C=C(\F)CCN)COC1(C)C. The molecule has 15 heavy (non-hydrogen) atoms. The number of nitrogens with zero attached hydrogens (tertiary/aromatic N) is 1. The summed E-state index contributed by atoms with van der Waals surface area (Å²) in [5, 5.41) is 0. The minimum atomic E-state index is -0.233. The smallest absolute Gasteiger partial charge is 0.116 e. The molecule has 3 nitrogen and oxygen atoms in total. The van der Waals surface area contributed by atoms with Crippen LogP contribution in [0.1, 0.15) is 26.7 Å². The van der Waals surface area contributed by atoms with Crippen molar-refractivity contribution in [3.8, 4) is 0 Å². The second-order valence-electron chi connectivity index (χ2n) is 4.45.